The van der Waals surface area contributed by atoms with Gasteiger partial charge in [-0.25, -0.2) is 0 Å². The van der Waals surface area contributed by atoms with Gasteiger partial charge in [0.2, 0.25) is 0 Å². The molecule has 4 atom stereocenters. The predicted octanol–water partition coefficient (Wildman–Crippen LogP) is 7.59. The summed E-state index contributed by atoms with van der Waals surface area (Å²) in [6.45, 7) is 13.7. The van der Waals surface area contributed by atoms with Gasteiger partial charge in [-0.15, -0.1) is 17.1 Å². The topological polar surface area (TPSA) is 9.23 Å². The zero-order chi connectivity index (χ0) is 20.0. The fourth-order valence-electron chi connectivity index (χ4n) is 2.38. The molecule has 1 heterocycles. The lowest BCUT2D eigenvalue weighted by molar-refractivity contribution is -0.0370. The highest BCUT2D eigenvalue weighted by atomic mass is 79.9. The molecule has 0 bridgehead atoms. The summed E-state index contributed by atoms with van der Waals surface area (Å²) in [6.07, 6.45) is 10.2. The molecule has 0 unspecified atom stereocenters. The fraction of sp³-hybridized carbons (Fsp3) is 0.714. The normalized spacial score (nSPS) is 28.1. The average Bonchev–Trinajstić information content (AvgIpc) is 2.53. The molecule has 1 fully saturated rings. The highest BCUT2D eigenvalue weighted by molar-refractivity contribution is 9.11. The van der Waals surface area contributed by atoms with Gasteiger partial charge in [-0.2, -0.15) is 0 Å². The van der Waals surface area contributed by atoms with E-state index in [-0.39, 0.29) is 17.6 Å². The van der Waals surface area contributed by atoms with Crippen LogP contribution in [0.15, 0.2) is 22.7 Å². The SMILES string of the molecule is CC/C(Br)=C\C[C@H]1O[C@@H](C/C=C\C#C[Si](C)(C)C(C)(C)C)[C@@H](Cl)C[C@H]1Br. The summed E-state index contributed by atoms with van der Waals surface area (Å²) in [4.78, 5) is 0.303. The molecule has 5 heteroatoms. The summed E-state index contributed by atoms with van der Waals surface area (Å²) >= 11 is 13.9. The van der Waals surface area contributed by atoms with Crippen molar-refractivity contribution >= 4 is 51.5 Å². The Bertz CT molecular complexity index is 569. The second-order valence-electron chi connectivity index (χ2n) is 8.50. The third-order valence-electron chi connectivity index (χ3n) is 5.35. The standard InChI is InChI=1S/C21H33Br2ClOSi/c1-7-16(22)12-13-19-17(23)15-18(24)20(25-19)11-9-8-10-14-26(5,6)21(2,3)4/h8-9,12,17-20H,7,11,13,15H2,1-6H3/b9-8-,16-12+/t17-,18+,19-,20+/m1/s1. The van der Waals surface area contributed by atoms with Crippen LogP contribution in [-0.4, -0.2) is 30.5 Å². The Balaban J connectivity index is 2.63. The lowest BCUT2D eigenvalue weighted by Crippen LogP contribution is -2.42. The molecule has 26 heavy (non-hydrogen) atoms. The van der Waals surface area contributed by atoms with Gasteiger partial charge in [0.1, 0.15) is 8.07 Å². The molecule has 0 amide bonds. The number of rotatable bonds is 5. The van der Waals surface area contributed by atoms with Gasteiger partial charge in [0.15, 0.2) is 0 Å². The van der Waals surface area contributed by atoms with E-state index in [1.807, 2.05) is 6.08 Å². The van der Waals surface area contributed by atoms with Crippen molar-refractivity contribution in [1.29, 1.82) is 0 Å². The van der Waals surface area contributed by atoms with Crippen LogP contribution in [0.3, 0.4) is 0 Å². The maximum absolute atomic E-state index is 6.54. The molecule has 1 aliphatic heterocycles. The Morgan fingerprint density at radius 1 is 1.27 bits per heavy atom. The van der Waals surface area contributed by atoms with E-state index in [4.69, 9.17) is 16.3 Å². The molecular weight excluding hydrogens is 492 g/mol. The molecule has 0 saturated carbocycles. The Kier molecular flexibility index (Phi) is 10.2. The summed E-state index contributed by atoms with van der Waals surface area (Å²) in [5.74, 6) is 3.26. The molecule has 0 aromatic rings. The number of alkyl halides is 2. The van der Waals surface area contributed by atoms with E-state index in [2.05, 4.69) is 96.3 Å². The summed E-state index contributed by atoms with van der Waals surface area (Å²) in [5, 5.41) is 0.326. The van der Waals surface area contributed by atoms with E-state index >= 15 is 0 Å². The first-order chi connectivity index (χ1) is 12.0. The van der Waals surface area contributed by atoms with Crippen LogP contribution < -0.4 is 0 Å². The van der Waals surface area contributed by atoms with Crippen LogP contribution in [-0.2, 0) is 4.74 Å². The highest BCUT2D eigenvalue weighted by Gasteiger charge is 2.35. The molecule has 1 nitrogen and oxygen atoms in total. The Morgan fingerprint density at radius 3 is 2.50 bits per heavy atom. The lowest BCUT2D eigenvalue weighted by Gasteiger charge is -2.36. The van der Waals surface area contributed by atoms with Crippen molar-refractivity contribution in [2.45, 2.75) is 93.9 Å². The van der Waals surface area contributed by atoms with Gasteiger partial charge < -0.3 is 4.74 Å². The van der Waals surface area contributed by atoms with Gasteiger partial charge in [-0.1, -0.05) is 90.7 Å². The third-order valence-corrected chi connectivity index (χ3v) is 12.2. The van der Waals surface area contributed by atoms with Crippen LogP contribution in [0.5, 0.6) is 0 Å². The van der Waals surface area contributed by atoms with Gasteiger partial charge in [-0.05, 0) is 41.3 Å². The lowest BCUT2D eigenvalue weighted by atomic mass is 9.99. The maximum Gasteiger partial charge on any atom is 0.138 e. The zero-order valence-electron chi connectivity index (χ0n) is 16.9. The first-order valence-corrected chi connectivity index (χ1v) is 14.6. The molecule has 0 N–H and O–H groups in total. The van der Waals surface area contributed by atoms with Gasteiger partial charge in [0, 0.05) is 4.83 Å². The molecule has 0 spiro atoms. The second kappa shape index (κ2) is 10.9. The van der Waals surface area contributed by atoms with Gasteiger partial charge in [0.05, 0.1) is 17.6 Å². The molecule has 0 aromatic carbocycles. The minimum absolute atomic E-state index is 0.0345. The van der Waals surface area contributed by atoms with Crippen LogP contribution in [0.1, 0.15) is 53.4 Å². The van der Waals surface area contributed by atoms with Gasteiger partial charge >= 0.3 is 0 Å². The van der Waals surface area contributed by atoms with Crippen LogP contribution in [0, 0.1) is 11.5 Å². The minimum atomic E-state index is -1.54. The molecule has 0 aliphatic carbocycles. The van der Waals surface area contributed by atoms with E-state index in [1.54, 1.807) is 0 Å². The molecule has 0 aromatic heterocycles. The molecule has 0 radical (unpaired) electrons. The fourth-order valence-corrected chi connectivity index (χ4v) is 4.70. The molecular formula is C21H33Br2ClOSi. The van der Waals surface area contributed by atoms with E-state index in [0.717, 1.165) is 25.7 Å². The Labute approximate surface area is 183 Å². The van der Waals surface area contributed by atoms with Crippen molar-refractivity contribution in [1.82, 2.24) is 0 Å². The first kappa shape index (κ1) is 24.5. The van der Waals surface area contributed by atoms with E-state index in [1.165, 1.54) is 4.48 Å². The Morgan fingerprint density at radius 2 is 1.92 bits per heavy atom. The van der Waals surface area contributed by atoms with Crippen molar-refractivity contribution in [2.75, 3.05) is 0 Å². The van der Waals surface area contributed by atoms with Crippen molar-refractivity contribution in [2.24, 2.45) is 0 Å². The molecule has 1 saturated heterocycles. The van der Waals surface area contributed by atoms with E-state index in [9.17, 15) is 0 Å². The van der Waals surface area contributed by atoms with Gasteiger partial charge in [-0.3, -0.25) is 0 Å². The Hall–Kier alpha value is 0.467. The second-order valence-corrected chi connectivity index (χ2v) is 16.3. The van der Waals surface area contributed by atoms with Crippen LogP contribution >= 0.6 is 43.5 Å². The summed E-state index contributed by atoms with van der Waals surface area (Å²) in [6, 6.07) is 0. The van der Waals surface area contributed by atoms with Crippen LogP contribution in [0.2, 0.25) is 18.1 Å². The zero-order valence-corrected chi connectivity index (χ0v) is 21.8. The summed E-state index contributed by atoms with van der Waals surface area (Å²) in [5.41, 5.74) is 3.51. The van der Waals surface area contributed by atoms with Gasteiger partial charge in [0.25, 0.3) is 0 Å². The van der Waals surface area contributed by atoms with Crippen molar-refractivity contribution in [3.05, 3.63) is 22.7 Å². The highest BCUT2D eigenvalue weighted by Crippen LogP contribution is 2.35. The largest absolute Gasteiger partial charge is 0.372 e. The number of halogens is 3. The number of hydrogen-bond donors (Lipinski definition) is 0. The van der Waals surface area contributed by atoms with E-state index in [0.29, 0.717) is 9.87 Å². The molecule has 148 valence electrons. The predicted molar refractivity (Wildman–Crippen MR) is 126 cm³/mol. The quantitative estimate of drug-likeness (QED) is 0.204. The summed E-state index contributed by atoms with van der Waals surface area (Å²) < 4.78 is 7.50. The minimum Gasteiger partial charge on any atom is -0.372 e. The van der Waals surface area contributed by atoms with Crippen molar-refractivity contribution < 1.29 is 4.74 Å². The van der Waals surface area contributed by atoms with Crippen molar-refractivity contribution in [3.63, 3.8) is 0 Å². The maximum atomic E-state index is 6.54. The van der Waals surface area contributed by atoms with Crippen LogP contribution in [0.25, 0.3) is 0 Å². The smallest absolute Gasteiger partial charge is 0.138 e. The number of allylic oxidation sites excluding steroid dienone is 2. The number of ether oxygens (including phenoxy) is 1. The molecule has 1 aliphatic rings. The average molecular weight is 525 g/mol. The monoisotopic (exact) mass is 522 g/mol. The number of hydrogen-bond acceptors (Lipinski definition) is 1. The summed E-state index contributed by atoms with van der Waals surface area (Å²) in [7, 11) is -1.54. The molecule has 1 rings (SSSR count). The van der Waals surface area contributed by atoms with E-state index < -0.39 is 8.07 Å². The van der Waals surface area contributed by atoms with Crippen molar-refractivity contribution in [3.8, 4) is 11.5 Å². The first-order valence-electron chi connectivity index (χ1n) is 9.43. The van der Waals surface area contributed by atoms with Crippen LogP contribution in [0.4, 0.5) is 0 Å². The third kappa shape index (κ3) is 7.84.